The summed E-state index contributed by atoms with van der Waals surface area (Å²) in [7, 11) is 0. The molecule has 3 heteroatoms. The second kappa shape index (κ2) is 16.8. The molecule has 85 heavy (non-hydrogen) atoms. The predicted molar refractivity (Wildman–Crippen MR) is 366 cm³/mol. The van der Waals surface area contributed by atoms with E-state index in [1.807, 2.05) is 0 Å². The molecule has 5 heterocycles. The highest BCUT2D eigenvalue weighted by molar-refractivity contribution is 6.37. The van der Waals surface area contributed by atoms with Gasteiger partial charge in [0.1, 0.15) is 0 Å². The largest absolute Gasteiger partial charge is 0.307 e. The maximum Gasteiger partial charge on any atom is 0.0810 e. The van der Waals surface area contributed by atoms with E-state index in [1.165, 1.54) is 182 Å². The lowest BCUT2D eigenvalue weighted by molar-refractivity contribution is 0.590. The van der Waals surface area contributed by atoms with Crippen LogP contribution in [0.2, 0.25) is 0 Å². The molecule has 0 unspecified atom stereocenters. The van der Waals surface area contributed by atoms with Gasteiger partial charge in [0, 0.05) is 59.4 Å². The molecule has 16 aromatic rings. The number of fused-ring (bicyclic) bond motifs is 23. The summed E-state index contributed by atoms with van der Waals surface area (Å²) in [6, 6.07) is 78.1. The van der Waals surface area contributed by atoms with Crippen LogP contribution in [0, 0.1) is 0 Å². The van der Waals surface area contributed by atoms with E-state index in [1.54, 1.807) is 0 Å². The van der Waals surface area contributed by atoms with E-state index in [9.17, 15) is 0 Å². The smallest absolute Gasteiger partial charge is 0.0810 e. The highest BCUT2D eigenvalue weighted by Gasteiger charge is 2.35. The van der Waals surface area contributed by atoms with Crippen LogP contribution in [0.5, 0.6) is 0 Å². The molecular formula is C82H69N3. The zero-order valence-electron chi connectivity index (χ0n) is 50.9. The Morgan fingerprint density at radius 3 is 1.06 bits per heavy atom. The van der Waals surface area contributed by atoms with Gasteiger partial charge < -0.3 is 13.4 Å². The van der Waals surface area contributed by atoms with E-state index in [0.717, 1.165) is 0 Å². The molecule has 0 fully saturated rings. The quantitative estimate of drug-likeness (QED) is 0.164. The molecule has 0 atom stereocenters. The van der Waals surface area contributed by atoms with Crippen molar-refractivity contribution in [2.24, 2.45) is 0 Å². The first-order chi connectivity index (χ1) is 40.7. The fourth-order valence-corrected chi connectivity index (χ4v) is 15.3. The van der Waals surface area contributed by atoms with Gasteiger partial charge in [-0.3, -0.25) is 0 Å². The van der Waals surface area contributed by atoms with Crippen LogP contribution < -0.4 is 0 Å². The van der Waals surface area contributed by atoms with Gasteiger partial charge in [0.05, 0.1) is 49.8 Å². The number of benzene rings is 11. The van der Waals surface area contributed by atoms with Gasteiger partial charge in [-0.1, -0.05) is 217 Å². The van der Waals surface area contributed by atoms with E-state index in [0.29, 0.717) is 0 Å². The lowest BCUT2D eigenvalue weighted by atomic mass is 9.79. The van der Waals surface area contributed by atoms with Gasteiger partial charge in [-0.25, -0.2) is 0 Å². The molecule has 3 nitrogen and oxygen atoms in total. The zero-order valence-corrected chi connectivity index (χ0v) is 50.9. The minimum Gasteiger partial charge on any atom is -0.307 e. The number of aromatic nitrogens is 3. The summed E-state index contributed by atoms with van der Waals surface area (Å²) >= 11 is 0. The summed E-state index contributed by atoms with van der Waals surface area (Å²) in [4.78, 5) is 0. The van der Waals surface area contributed by atoms with Gasteiger partial charge >= 0.3 is 0 Å². The van der Waals surface area contributed by atoms with Gasteiger partial charge in [0.25, 0.3) is 0 Å². The first-order valence-electron chi connectivity index (χ1n) is 30.7. The molecular weight excluding hydrogens is 1030 g/mol. The van der Waals surface area contributed by atoms with E-state index in [2.05, 4.69) is 297 Å². The Hall–Kier alpha value is -9.18. The lowest BCUT2D eigenvalue weighted by Gasteiger charge is -2.24. The number of hydrogen-bond acceptors (Lipinski definition) is 0. The third kappa shape index (κ3) is 6.84. The van der Waals surface area contributed by atoms with Crippen molar-refractivity contribution in [3.8, 4) is 61.3 Å². The van der Waals surface area contributed by atoms with Crippen LogP contribution in [-0.2, 0) is 21.7 Å². The van der Waals surface area contributed by atoms with E-state index in [-0.39, 0.29) is 21.7 Å². The SMILES string of the molecule is CC(C)(C)c1ccc2c(c1)c1cc(C(C)(C)C)cc3c4c(-n5c6ccccc6c6ccccc65)c5c(c(-c6ccc7c(c6)-c6ccccc6-c6ccccc6-c6ccccc6-7)c4n2c13)c1cc(C(C)(C)C)cc2c3cc(C(C)(C)C)ccc3n5c21. The van der Waals surface area contributed by atoms with Gasteiger partial charge in [-0.15, -0.1) is 0 Å². The summed E-state index contributed by atoms with van der Waals surface area (Å²) < 4.78 is 8.12. The molecule has 0 saturated carbocycles. The monoisotopic (exact) mass is 1100 g/mol. The molecule has 1 aliphatic rings. The third-order valence-electron chi connectivity index (χ3n) is 19.6. The first kappa shape index (κ1) is 50.3. The molecule has 412 valence electrons. The molecule has 11 aromatic carbocycles. The van der Waals surface area contributed by atoms with Crippen LogP contribution in [-0.4, -0.2) is 13.4 Å². The topological polar surface area (TPSA) is 13.8 Å². The summed E-state index contributed by atoms with van der Waals surface area (Å²) in [6.07, 6.45) is 0. The predicted octanol–water partition coefficient (Wildman–Crippen LogP) is 22.9. The molecule has 1 aliphatic carbocycles. The van der Waals surface area contributed by atoms with Gasteiger partial charge in [0.15, 0.2) is 0 Å². The maximum absolute atomic E-state index is 2.73. The normalized spacial score (nSPS) is 13.4. The van der Waals surface area contributed by atoms with Gasteiger partial charge in [-0.2, -0.15) is 0 Å². The zero-order chi connectivity index (χ0) is 58.1. The Morgan fingerprint density at radius 2 is 0.612 bits per heavy atom. The molecule has 0 N–H and O–H groups in total. The van der Waals surface area contributed by atoms with Crippen molar-refractivity contribution in [1.29, 1.82) is 0 Å². The van der Waals surface area contributed by atoms with Crippen LogP contribution in [0.4, 0.5) is 0 Å². The lowest BCUT2D eigenvalue weighted by Crippen LogP contribution is -2.11. The number of para-hydroxylation sites is 2. The molecule has 17 rings (SSSR count). The van der Waals surface area contributed by atoms with Crippen molar-refractivity contribution in [1.82, 2.24) is 13.4 Å². The third-order valence-corrected chi connectivity index (χ3v) is 19.6. The Morgan fingerprint density at radius 1 is 0.247 bits per heavy atom. The Kier molecular flexibility index (Phi) is 9.95. The Labute approximate surface area is 497 Å². The summed E-state index contributed by atoms with van der Waals surface area (Å²) in [5, 5.41) is 12.8. The van der Waals surface area contributed by atoms with E-state index >= 15 is 0 Å². The second-order valence-corrected chi connectivity index (χ2v) is 28.9. The molecule has 0 bridgehead atoms. The standard InChI is InChI=1S/C82H69N3/c1-79(2,3)47-34-37-69-61(40-47)64-43-50(82(10,11)12)45-66-73-76(84(69)75(64)66)71(46-33-36-57-55-27-16-15-25-53(55)51-23-13-14-24-52(51)54-26-17-18-28-56(54)60(57)39-46)72-65-44-49(81(7,8)9)42-63-62-41-48(80(4,5)6)35-38-70(62)85(74(63)65)77(72)78(73)83-67-31-21-19-29-58(67)59-30-20-22-32-68(59)83/h13-45H,1-12H3. The fraction of sp³-hybridized carbons (Fsp3) is 0.195. The molecule has 0 amide bonds. The van der Waals surface area contributed by atoms with Crippen molar-refractivity contribution >= 4 is 98.0 Å². The molecule has 0 saturated heterocycles. The van der Waals surface area contributed by atoms with Crippen molar-refractivity contribution in [3.63, 3.8) is 0 Å². The van der Waals surface area contributed by atoms with Crippen molar-refractivity contribution in [2.45, 2.75) is 105 Å². The Balaban J connectivity index is 1.19. The fourth-order valence-electron chi connectivity index (χ4n) is 15.3. The number of rotatable bonds is 2. The number of hydrogen-bond donors (Lipinski definition) is 0. The summed E-state index contributed by atoms with van der Waals surface area (Å²) in [5.41, 5.74) is 28.5. The first-order valence-corrected chi connectivity index (χ1v) is 30.7. The summed E-state index contributed by atoms with van der Waals surface area (Å²) in [6.45, 7) is 28.5. The molecule has 0 aliphatic heterocycles. The average Bonchev–Trinajstić information content (AvgIpc) is 1.51. The van der Waals surface area contributed by atoms with Gasteiger partial charge in [-0.05, 0) is 161 Å². The highest BCUT2D eigenvalue weighted by atomic mass is 15.0. The number of nitrogens with zero attached hydrogens (tertiary/aromatic N) is 3. The summed E-state index contributed by atoms with van der Waals surface area (Å²) in [5.74, 6) is 0. The minimum absolute atomic E-state index is 0.0455. The maximum atomic E-state index is 2.73. The van der Waals surface area contributed by atoms with E-state index < -0.39 is 0 Å². The highest BCUT2D eigenvalue weighted by Crippen LogP contribution is 2.57. The van der Waals surface area contributed by atoms with Crippen LogP contribution in [0.1, 0.15) is 105 Å². The van der Waals surface area contributed by atoms with Crippen LogP contribution in [0.15, 0.2) is 200 Å². The van der Waals surface area contributed by atoms with Crippen molar-refractivity contribution < 1.29 is 0 Å². The second-order valence-electron chi connectivity index (χ2n) is 28.9. The molecule has 5 aromatic heterocycles. The van der Waals surface area contributed by atoms with E-state index in [4.69, 9.17) is 0 Å². The minimum atomic E-state index is -0.154. The van der Waals surface area contributed by atoms with Crippen LogP contribution in [0.25, 0.3) is 159 Å². The van der Waals surface area contributed by atoms with Gasteiger partial charge in [0.2, 0.25) is 0 Å². The van der Waals surface area contributed by atoms with Crippen LogP contribution in [0.3, 0.4) is 0 Å². The van der Waals surface area contributed by atoms with Crippen molar-refractivity contribution in [3.05, 3.63) is 222 Å². The molecule has 0 spiro atoms. The molecule has 0 radical (unpaired) electrons. The average molecular weight is 1100 g/mol. The Bertz CT molecular complexity index is 5500. The van der Waals surface area contributed by atoms with Crippen molar-refractivity contribution in [2.75, 3.05) is 0 Å². The van der Waals surface area contributed by atoms with Crippen LogP contribution >= 0.6 is 0 Å².